The summed E-state index contributed by atoms with van der Waals surface area (Å²) in [4.78, 5) is 10.0. The van der Waals surface area contributed by atoms with Crippen LogP contribution < -0.4 is 0 Å². The molecule has 0 aliphatic rings. The van der Waals surface area contributed by atoms with Crippen molar-refractivity contribution in [3.05, 3.63) is 36.5 Å². The lowest BCUT2D eigenvalue weighted by molar-refractivity contribution is -0.107. The van der Waals surface area contributed by atoms with Crippen molar-refractivity contribution in [2.75, 3.05) is 0 Å². The second kappa shape index (κ2) is 14.9. The standard InChI is InChI=1S/C16H26O/c1-2-3-4-5-6-7-8-9-10-11-12-13-14-15-16-17/h9-14,16H,2-8,15H2,1H3. The molecule has 0 saturated heterocycles. The minimum Gasteiger partial charge on any atom is -0.303 e. The van der Waals surface area contributed by atoms with Gasteiger partial charge in [-0.2, -0.15) is 0 Å². The summed E-state index contributed by atoms with van der Waals surface area (Å²) >= 11 is 0. The highest BCUT2D eigenvalue weighted by Gasteiger charge is 1.87. The number of hydrogen-bond donors (Lipinski definition) is 0. The van der Waals surface area contributed by atoms with Crippen LogP contribution in [0, 0.1) is 0 Å². The van der Waals surface area contributed by atoms with Gasteiger partial charge in [0.25, 0.3) is 0 Å². The van der Waals surface area contributed by atoms with Crippen LogP contribution >= 0.6 is 0 Å². The van der Waals surface area contributed by atoms with Crippen LogP contribution in [0.25, 0.3) is 0 Å². The molecule has 0 N–H and O–H groups in total. The van der Waals surface area contributed by atoms with Gasteiger partial charge in [0.2, 0.25) is 0 Å². The largest absolute Gasteiger partial charge is 0.303 e. The van der Waals surface area contributed by atoms with Gasteiger partial charge in [-0.3, -0.25) is 0 Å². The molecule has 0 fully saturated rings. The first-order valence-corrected chi connectivity index (χ1v) is 6.83. The van der Waals surface area contributed by atoms with Crippen LogP contribution in [0.5, 0.6) is 0 Å². The van der Waals surface area contributed by atoms with Gasteiger partial charge in [0.1, 0.15) is 6.29 Å². The Kier molecular flexibility index (Phi) is 13.9. The summed E-state index contributed by atoms with van der Waals surface area (Å²) in [6, 6.07) is 0. The minimum atomic E-state index is 0.506. The van der Waals surface area contributed by atoms with E-state index in [1.165, 1.54) is 44.9 Å². The smallest absolute Gasteiger partial charge is 0.123 e. The molecule has 0 aliphatic heterocycles. The van der Waals surface area contributed by atoms with E-state index < -0.39 is 0 Å². The Morgan fingerprint density at radius 3 is 2.12 bits per heavy atom. The Labute approximate surface area is 106 Å². The van der Waals surface area contributed by atoms with Crippen molar-refractivity contribution in [3.63, 3.8) is 0 Å². The monoisotopic (exact) mass is 234 g/mol. The summed E-state index contributed by atoms with van der Waals surface area (Å²) in [5.74, 6) is 0. The highest BCUT2D eigenvalue weighted by molar-refractivity contribution is 5.52. The highest BCUT2D eigenvalue weighted by atomic mass is 16.1. The first kappa shape index (κ1) is 15.9. The van der Waals surface area contributed by atoms with E-state index in [-0.39, 0.29) is 0 Å². The van der Waals surface area contributed by atoms with Crippen molar-refractivity contribution < 1.29 is 4.79 Å². The molecular weight excluding hydrogens is 208 g/mol. The van der Waals surface area contributed by atoms with E-state index in [1.54, 1.807) is 0 Å². The zero-order chi connectivity index (χ0) is 12.6. The van der Waals surface area contributed by atoms with Gasteiger partial charge in [-0.1, -0.05) is 75.5 Å². The number of unbranched alkanes of at least 4 members (excludes halogenated alkanes) is 6. The van der Waals surface area contributed by atoms with Crippen LogP contribution in [0.2, 0.25) is 0 Å². The number of rotatable bonds is 11. The zero-order valence-corrected chi connectivity index (χ0v) is 11.1. The predicted molar refractivity (Wildman–Crippen MR) is 76.1 cm³/mol. The number of carbonyl (C=O) groups excluding carboxylic acids is 1. The maximum absolute atomic E-state index is 10.0. The maximum atomic E-state index is 10.0. The summed E-state index contributed by atoms with van der Waals surface area (Å²) < 4.78 is 0. The molecule has 17 heavy (non-hydrogen) atoms. The SMILES string of the molecule is CCCCCCCCC=CC=CC=CCC=O. The Morgan fingerprint density at radius 2 is 1.41 bits per heavy atom. The van der Waals surface area contributed by atoms with Crippen LogP contribution in [0.1, 0.15) is 58.3 Å². The molecule has 0 bridgehead atoms. The molecule has 0 unspecified atom stereocenters. The molecule has 1 nitrogen and oxygen atoms in total. The van der Waals surface area contributed by atoms with Gasteiger partial charge in [-0.05, 0) is 12.8 Å². The third-order valence-electron chi connectivity index (χ3n) is 2.56. The average Bonchev–Trinajstić information content (AvgIpc) is 2.35. The fraction of sp³-hybridized carbons (Fsp3) is 0.562. The van der Waals surface area contributed by atoms with Crippen LogP contribution in [0.15, 0.2) is 36.5 Å². The Balaban J connectivity index is 3.27. The summed E-state index contributed by atoms with van der Waals surface area (Å²) in [5.41, 5.74) is 0. The van der Waals surface area contributed by atoms with Gasteiger partial charge in [-0.25, -0.2) is 0 Å². The van der Waals surface area contributed by atoms with E-state index in [1.807, 2.05) is 24.3 Å². The van der Waals surface area contributed by atoms with E-state index in [2.05, 4.69) is 19.1 Å². The topological polar surface area (TPSA) is 17.1 Å². The van der Waals surface area contributed by atoms with Crippen LogP contribution in [-0.4, -0.2) is 6.29 Å². The average molecular weight is 234 g/mol. The molecule has 0 aromatic heterocycles. The quantitative estimate of drug-likeness (QED) is 0.279. The summed E-state index contributed by atoms with van der Waals surface area (Å²) in [5, 5.41) is 0. The second-order valence-corrected chi connectivity index (χ2v) is 4.20. The van der Waals surface area contributed by atoms with Crippen molar-refractivity contribution in [2.45, 2.75) is 58.3 Å². The van der Waals surface area contributed by atoms with Crippen molar-refractivity contribution in [3.8, 4) is 0 Å². The van der Waals surface area contributed by atoms with Gasteiger partial charge in [0.15, 0.2) is 0 Å². The predicted octanol–water partition coefficient (Wildman–Crippen LogP) is 4.99. The molecule has 96 valence electrons. The Hall–Kier alpha value is -1.11. The van der Waals surface area contributed by atoms with E-state index >= 15 is 0 Å². The maximum Gasteiger partial charge on any atom is 0.123 e. The van der Waals surface area contributed by atoms with E-state index in [0.717, 1.165) is 6.29 Å². The molecule has 0 heterocycles. The normalized spacial score (nSPS) is 12.1. The third kappa shape index (κ3) is 14.9. The molecular formula is C16H26O. The summed E-state index contributed by atoms with van der Waals surface area (Å²) in [6.07, 6.45) is 22.7. The minimum absolute atomic E-state index is 0.506. The lowest BCUT2D eigenvalue weighted by Gasteiger charge is -1.97. The summed E-state index contributed by atoms with van der Waals surface area (Å²) in [6.45, 7) is 2.25. The molecule has 0 aromatic rings. The molecule has 0 radical (unpaired) electrons. The van der Waals surface area contributed by atoms with Crippen LogP contribution in [0.3, 0.4) is 0 Å². The molecule has 0 spiro atoms. The van der Waals surface area contributed by atoms with E-state index in [0.29, 0.717) is 6.42 Å². The van der Waals surface area contributed by atoms with E-state index in [4.69, 9.17) is 0 Å². The van der Waals surface area contributed by atoms with Gasteiger partial charge in [-0.15, -0.1) is 0 Å². The highest BCUT2D eigenvalue weighted by Crippen LogP contribution is 2.07. The summed E-state index contributed by atoms with van der Waals surface area (Å²) in [7, 11) is 0. The molecule has 0 amide bonds. The lowest BCUT2D eigenvalue weighted by Crippen LogP contribution is -1.77. The molecule has 0 aromatic carbocycles. The molecule has 0 atom stereocenters. The number of hydrogen-bond acceptors (Lipinski definition) is 1. The number of aldehydes is 1. The fourth-order valence-corrected chi connectivity index (χ4v) is 1.56. The van der Waals surface area contributed by atoms with Crippen LogP contribution in [-0.2, 0) is 4.79 Å². The van der Waals surface area contributed by atoms with Gasteiger partial charge < -0.3 is 4.79 Å². The molecule has 0 rings (SSSR count). The van der Waals surface area contributed by atoms with Crippen molar-refractivity contribution in [1.82, 2.24) is 0 Å². The molecule has 0 saturated carbocycles. The first-order chi connectivity index (χ1) is 8.41. The van der Waals surface area contributed by atoms with Gasteiger partial charge in [0, 0.05) is 6.42 Å². The van der Waals surface area contributed by atoms with Gasteiger partial charge >= 0.3 is 0 Å². The first-order valence-electron chi connectivity index (χ1n) is 6.83. The van der Waals surface area contributed by atoms with Crippen molar-refractivity contribution in [2.24, 2.45) is 0 Å². The zero-order valence-electron chi connectivity index (χ0n) is 11.1. The second-order valence-electron chi connectivity index (χ2n) is 4.20. The van der Waals surface area contributed by atoms with Gasteiger partial charge in [0.05, 0.1) is 0 Å². The number of carbonyl (C=O) groups is 1. The Morgan fingerprint density at radius 1 is 0.765 bits per heavy atom. The number of allylic oxidation sites excluding steroid dienone is 6. The molecule has 1 heteroatoms. The lowest BCUT2D eigenvalue weighted by atomic mass is 10.1. The Bertz CT molecular complexity index is 236. The fourth-order valence-electron chi connectivity index (χ4n) is 1.56. The van der Waals surface area contributed by atoms with Crippen LogP contribution in [0.4, 0.5) is 0 Å². The van der Waals surface area contributed by atoms with E-state index in [9.17, 15) is 4.79 Å². The van der Waals surface area contributed by atoms with Crippen molar-refractivity contribution >= 4 is 6.29 Å². The third-order valence-corrected chi connectivity index (χ3v) is 2.56. The van der Waals surface area contributed by atoms with Crippen molar-refractivity contribution in [1.29, 1.82) is 0 Å². The molecule has 0 aliphatic carbocycles.